The average Bonchev–Trinajstić information content (AvgIpc) is 0.821. The number of hydrogen-bond donors (Lipinski definition) is 0. The van der Waals surface area contributed by atoms with Gasteiger partial charge in [0.25, 0.3) is 17.1 Å². The highest BCUT2D eigenvalue weighted by molar-refractivity contribution is 6.14. The van der Waals surface area contributed by atoms with Crippen molar-refractivity contribution in [3.05, 3.63) is 408 Å². The Morgan fingerprint density at radius 1 is 0.259 bits per heavy atom. The number of nitro groups is 3. The van der Waals surface area contributed by atoms with Crippen molar-refractivity contribution in [1.82, 2.24) is 0 Å². The molecular formula is C111H105F6N3O23. The number of aryl methyl sites for hydroxylation is 7. The van der Waals surface area contributed by atoms with Gasteiger partial charge in [-0.25, -0.2) is 0 Å². The lowest BCUT2D eigenvalue weighted by molar-refractivity contribution is -0.385. The Hall–Kier alpha value is -17.3. The molecule has 0 heterocycles. The zero-order chi connectivity index (χ0) is 106. The van der Waals surface area contributed by atoms with Gasteiger partial charge in [-0.2, -0.15) is 26.3 Å². The number of halogens is 6. The van der Waals surface area contributed by atoms with Gasteiger partial charge in [0.05, 0.1) is 110 Å². The fourth-order valence-electron chi connectivity index (χ4n) is 13.8. The monoisotopic (exact) mass is 1960 g/mol. The molecule has 0 unspecified atom stereocenters. The summed E-state index contributed by atoms with van der Waals surface area (Å²) in [6.07, 6.45) is 8.46. The van der Waals surface area contributed by atoms with Gasteiger partial charge in [-0.1, -0.05) is 103 Å². The van der Waals surface area contributed by atoms with Crippen molar-refractivity contribution < 1.29 is 122 Å². The van der Waals surface area contributed by atoms with Crippen molar-refractivity contribution in [3.8, 4) is 63.2 Å². The lowest BCUT2D eigenvalue weighted by Gasteiger charge is -2.12. The summed E-state index contributed by atoms with van der Waals surface area (Å²) in [7, 11) is 16.4. The molecule has 0 aliphatic rings. The Labute approximate surface area is 822 Å². The number of alkyl halides is 6. The van der Waals surface area contributed by atoms with E-state index in [-0.39, 0.29) is 62.7 Å². The average molecular weight is 1960 g/mol. The lowest BCUT2D eigenvalue weighted by Crippen LogP contribution is -2.05. The molecule has 0 spiro atoms. The van der Waals surface area contributed by atoms with Gasteiger partial charge in [0, 0.05) is 35.9 Å². The Bertz CT molecular complexity index is 6690. The smallest absolute Gasteiger partial charge is 0.416 e. The van der Waals surface area contributed by atoms with E-state index in [9.17, 15) is 85.5 Å². The number of hydrogen-bond acceptors (Lipinski definition) is 23. The van der Waals surface area contributed by atoms with Crippen LogP contribution in [0.25, 0.3) is 36.5 Å². The maximum Gasteiger partial charge on any atom is 0.416 e. The van der Waals surface area contributed by atoms with E-state index in [0.29, 0.717) is 108 Å². The molecule has 0 saturated carbocycles. The standard InChI is InChI=1S/C19H17F3O3.C19H17F3O2.C19H20O3.3C18H17NO5/c1-12-9-16(24-2)18(17(10-12)25-3)15(23)8-7-13-5-4-6-14(11-13)19(20,21)22;1-12-10-15(11-18(24-3)13(12)2)17(23)9-6-14-4-7-16(8-5-14)19(20,21)22;1-13-11-17(21-3)19(18(12-13)22-4)16(20)10-9-15-8-6-5-7-14(15)2;1-12-10-16(23-2)18(17(11-12)24-3)15(20)9-6-13-4-7-14(8-5-13)19(21)22;1-12-9-16(23-2)18(17(10-12)24-3)15(20)8-7-13-5-4-6-14(11-13)19(21)22;1-12-10-16(23-2)18(17(11-12)24-3)15(20)9-8-13-6-4-5-7-14(13)19(21)22/h4-11H,1-3H3;4-11H,1-3H3;5-12H,1-4H3;3*4-11H,1-3H3/b8-7+;9-6+;10-9+;9-6+;8-7+;9-8+. The highest BCUT2D eigenvalue weighted by Crippen LogP contribution is 2.39. The summed E-state index contributed by atoms with van der Waals surface area (Å²) in [5, 5.41) is 32.5. The van der Waals surface area contributed by atoms with Crippen molar-refractivity contribution in [1.29, 1.82) is 0 Å². The molecule has 12 rings (SSSR count). The summed E-state index contributed by atoms with van der Waals surface area (Å²) in [6.45, 7) is 15.2. The van der Waals surface area contributed by atoms with Crippen LogP contribution in [-0.4, -0.2) is 128 Å². The molecule has 0 atom stereocenters. The number of methoxy groups -OCH3 is 11. The van der Waals surface area contributed by atoms with Gasteiger partial charge in [0.1, 0.15) is 91.1 Å². The molecule has 0 aliphatic heterocycles. The molecule has 0 fully saturated rings. The van der Waals surface area contributed by atoms with E-state index in [1.807, 2.05) is 97.9 Å². The highest BCUT2D eigenvalue weighted by Gasteiger charge is 2.32. The van der Waals surface area contributed by atoms with Crippen LogP contribution in [0, 0.1) is 85.7 Å². The maximum atomic E-state index is 12.7. The number of ketones is 6. The third-order valence-electron chi connectivity index (χ3n) is 21.1. The van der Waals surface area contributed by atoms with E-state index in [4.69, 9.17) is 52.1 Å². The first kappa shape index (κ1) is 113. The van der Waals surface area contributed by atoms with Gasteiger partial charge in [-0.3, -0.25) is 59.1 Å². The molecule has 26 nitrogen and oxygen atoms in total. The number of nitro benzene ring substituents is 3. The zero-order valence-corrected chi connectivity index (χ0v) is 81.7. The maximum absolute atomic E-state index is 12.7. The van der Waals surface area contributed by atoms with Gasteiger partial charge in [-0.15, -0.1) is 0 Å². The summed E-state index contributed by atoms with van der Waals surface area (Å²) in [5.74, 6) is 3.10. The minimum absolute atomic E-state index is 0.000324. The molecule has 32 heteroatoms. The number of non-ortho nitro benzene ring substituents is 2. The predicted molar refractivity (Wildman–Crippen MR) is 537 cm³/mol. The van der Waals surface area contributed by atoms with Gasteiger partial charge in [-0.05, 0) is 286 Å². The van der Waals surface area contributed by atoms with E-state index in [2.05, 4.69) is 0 Å². The summed E-state index contributed by atoms with van der Waals surface area (Å²) < 4.78 is 134. The van der Waals surface area contributed by atoms with Crippen LogP contribution in [0.4, 0.5) is 43.4 Å². The number of allylic oxidation sites excluding steroid dienone is 6. The second-order valence-corrected chi connectivity index (χ2v) is 31.1. The van der Waals surface area contributed by atoms with E-state index in [1.54, 1.807) is 129 Å². The minimum atomic E-state index is -4.43. The Balaban J connectivity index is 0.000000233. The van der Waals surface area contributed by atoms with Crippen molar-refractivity contribution in [2.24, 2.45) is 0 Å². The van der Waals surface area contributed by atoms with E-state index >= 15 is 0 Å². The molecule has 0 saturated heterocycles. The van der Waals surface area contributed by atoms with Crippen LogP contribution in [0.2, 0.25) is 0 Å². The van der Waals surface area contributed by atoms with Crippen LogP contribution in [-0.2, 0) is 12.4 Å². The molecular weight excluding hydrogens is 1860 g/mol. The van der Waals surface area contributed by atoms with Crippen molar-refractivity contribution >= 4 is 88.2 Å². The first-order chi connectivity index (χ1) is 67.9. The number of rotatable bonds is 32. The topological polar surface area (TPSA) is 333 Å². The summed E-state index contributed by atoms with van der Waals surface area (Å²) in [5.41, 5.74) is 11.4. The van der Waals surface area contributed by atoms with E-state index in [1.165, 1.54) is 173 Å². The second-order valence-electron chi connectivity index (χ2n) is 31.1. The summed E-state index contributed by atoms with van der Waals surface area (Å²) >= 11 is 0. The fraction of sp³-hybridized carbons (Fsp3) is 0.189. The lowest BCUT2D eigenvalue weighted by atomic mass is 10.0. The van der Waals surface area contributed by atoms with E-state index in [0.717, 1.165) is 74.3 Å². The van der Waals surface area contributed by atoms with Crippen molar-refractivity contribution in [2.75, 3.05) is 78.2 Å². The SMILES string of the molecule is COc1cc(C(=O)/C=C/c2ccc(C(F)(F)F)cc2)cc(C)c1C.COc1cc(C)cc(OC)c1C(=O)/C=C/c1ccc([N+](=O)[O-])cc1.COc1cc(C)cc(OC)c1C(=O)/C=C/c1cccc(C(F)(F)F)c1.COc1cc(C)cc(OC)c1C(=O)/C=C/c1cccc([N+](=O)[O-])c1.COc1cc(C)cc(OC)c1C(=O)/C=C/c1ccccc1C.COc1cc(C)cc(OC)c1C(=O)/C=C/c1ccccc1[N+](=O)[O-]. The number of para-hydroxylation sites is 1. The highest BCUT2D eigenvalue weighted by atomic mass is 19.4. The third-order valence-corrected chi connectivity index (χ3v) is 21.1. The van der Waals surface area contributed by atoms with Crippen molar-refractivity contribution in [2.45, 2.75) is 67.7 Å². The van der Waals surface area contributed by atoms with Gasteiger partial charge < -0.3 is 52.1 Å². The van der Waals surface area contributed by atoms with E-state index < -0.39 is 44.0 Å². The predicted octanol–water partition coefficient (Wildman–Crippen LogP) is 25.8. The molecule has 0 amide bonds. The van der Waals surface area contributed by atoms with Crippen LogP contribution in [0.5, 0.6) is 63.2 Å². The molecule has 12 aromatic carbocycles. The van der Waals surface area contributed by atoms with Gasteiger partial charge in [0.15, 0.2) is 34.7 Å². The first-order valence-corrected chi connectivity index (χ1v) is 43.2. The fourth-order valence-corrected chi connectivity index (χ4v) is 13.8. The first-order valence-electron chi connectivity index (χ1n) is 43.2. The summed E-state index contributed by atoms with van der Waals surface area (Å²) in [4.78, 5) is 106. The molecule has 0 N–H and O–H groups in total. The Morgan fingerprint density at radius 3 is 0.881 bits per heavy atom. The number of carbonyl (C=O) groups excluding carboxylic acids is 6. The minimum Gasteiger partial charge on any atom is -0.496 e. The molecule has 12 aromatic rings. The quantitative estimate of drug-likeness (QED) is 0.0124. The number of carbonyl (C=O) groups is 6. The van der Waals surface area contributed by atoms with Crippen LogP contribution in [0.1, 0.15) is 151 Å². The van der Waals surface area contributed by atoms with Crippen LogP contribution in [0.3, 0.4) is 0 Å². The number of nitrogens with zero attached hydrogens (tertiary/aromatic N) is 3. The molecule has 143 heavy (non-hydrogen) atoms. The molecule has 744 valence electrons. The largest absolute Gasteiger partial charge is 0.496 e. The van der Waals surface area contributed by atoms with Crippen LogP contribution < -0.4 is 52.1 Å². The van der Waals surface area contributed by atoms with Gasteiger partial charge >= 0.3 is 12.4 Å². The summed E-state index contributed by atoms with van der Waals surface area (Å²) in [6, 6.07) is 56.4. The third kappa shape index (κ3) is 32.4. The van der Waals surface area contributed by atoms with Crippen LogP contribution in [0.15, 0.2) is 255 Å². The Morgan fingerprint density at radius 2 is 0.552 bits per heavy atom. The van der Waals surface area contributed by atoms with Crippen LogP contribution >= 0.6 is 0 Å². The molecule has 0 aliphatic carbocycles. The van der Waals surface area contributed by atoms with Crippen molar-refractivity contribution in [3.63, 3.8) is 0 Å². The molecule has 0 aromatic heterocycles. The normalized spacial score (nSPS) is 11.0. The molecule has 0 radical (unpaired) electrons. The zero-order valence-electron chi connectivity index (χ0n) is 81.7. The Kier molecular flexibility index (Phi) is 42.2. The number of ether oxygens (including phenoxy) is 11. The number of benzene rings is 12. The second kappa shape index (κ2) is 53.6. The molecule has 0 bridgehead atoms. The van der Waals surface area contributed by atoms with Gasteiger partial charge in [0.2, 0.25) is 0 Å².